The van der Waals surface area contributed by atoms with Crippen molar-refractivity contribution in [1.82, 2.24) is 9.80 Å². The van der Waals surface area contributed by atoms with Gasteiger partial charge in [-0.3, -0.25) is 4.79 Å². The van der Waals surface area contributed by atoms with Crippen LogP contribution in [0.15, 0.2) is 40.8 Å². The Hall–Kier alpha value is -2.34. The first kappa shape index (κ1) is 17.5. The minimum absolute atomic E-state index is 0.0743. The summed E-state index contributed by atoms with van der Waals surface area (Å²) in [5, 5.41) is 0. The van der Waals surface area contributed by atoms with Crippen molar-refractivity contribution in [2.45, 2.75) is 19.6 Å². The van der Waals surface area contributed by atoms with Crippen LogP contribution in [0.1, 0.15) is 23.2 Å². The molecule has 1 saturated heterocycles. The quantitative estimate of drug-likeness (QED) is 0.835. The molecule has 0 N–H and O–H groups in total. The van der Waals surface area contributed by atoms with Crippen LogP contribution in [0.5, 0.6) is 5.75 Å². The molecular weight excluding hydrogens is 323 g/mol. The van der Waals surface area contributed by atoms with Crippen molar-refractivity contribution in [2.24, 2.45) is 5.92 Å². The van der Waals surface area contributed by atoms with Gasteiger partial charge < -0.3 is 19.0 Å². The van der Waals surface area contributed by atoms with Crippen molar-refractivity contribution in [1.29, 1.82) is 0 Å². The summed E-state index contributed by atoms with van der Waals surface area (Å²) in [6.07, 6.45) is 0. The molecule has 0 spiro atoms. The monoisotopic (exact) mass is 346 g/mol. The fourth-order valence-electron chi connectivity index (χ4n) is 3.22. The van der Waals surface area contributed by atoms with E-state index in [0.717, 1.165) is 0 Å². The maximum absolute atomic E-state index is 13.5. The third kappa shape index (κ3) is 3.85. The van der Waals surface area contributed by atoms with Gasteiger partial charge in [-0.05, 0) is 44.3 Å². The molecule has 25 heavy (non-hydrogen) atoms. The van der Waals surface area contributed by atoms with E-state index in [1.165, 1.54) is 6.07 Å². The summed E-state index contributed by atoms with van der Waals surface area (Å²) in [5.41, 5.74) is 0. The Morgan fingerprint density at radius 3 is 2.72 bits per heavy atom. The SMILES string of the molecule is C[C@@H]1CN(C(=O)c2ccc(COc3ccccc3F)o2)C[C@H]1N(C)C. The van der Waals surface area contributed by atoms with Crippen molar-refractivity contribution >= 4 is 5.91 Å². The van der Waals surface area contributed by atoms with Crippen LogP contribution in [0.2, 0.25) is 0 Å². The highest BCUT2D eigenvalue weighted by Crippen LogP contribution is 2.23. The Bertz CT molecular complexity index is 744. The molecule has 1 fully saturated rings. The molecule has 1 aliphatic rings. The Morgan fingerprint density at radius 1 is 1.28 bits per heavy atom. The molecule has 0 bridgehead atoms. The number of carbonyl (C=O) groups is 1. The van der Waals surface area contributed by atoms with E-state index in [1.54, 1.807) is 30.3 Å². The van der Waals surface area contributed by atoms with E-state index in [9.17, 15) is 9.18 Å². The van der Waals surface area contributed by atoms with E-state index in [-0.39, 0.29) is 18.3 Å². The van der Waals surface area contributed by atoms with Gasteiger partial charge in [0.1, 0.15) is 12.4 Å². The van der Waals surface area contributed by atoms with Crippen LogP contribution in [0.3, 0.4) is 0 Å². The molecule has 6 heteroatoms. The topological polar surface area (TPSA) is 45.9 Å². The number of likely N-dealkylation sites (N-methyl/N-ethyl adjacent to an activating group) is 1. The zero-order valence-electron chi connectivity index (χ0n) is 14.7. The number of hydrogen-bond acceptors (Lipinski definition) is 4. The summed E-state index contributed by atoms with van der Waals surface area (Å²) in [6, 6.07) is 9.88. The van der Waals surface area contributed by atoms with Crippen LogP contribution in [-0.4, -0.2) is 48.9 Å². The second-order valence-corrected chi connectivity index (χ2v) is 6.70. The maximum atomic E-state index is 13.5. The fraction of sp³-hybridized carbons (Fsp3) is 0.421. The number of nitrogens with zero attached hydrogens (tertiary/aromatic N) is 2. The van der Waals surface area contributed by atoms with Gasteiger partial charge in [0.15, 0.2) is 17.3 Å². The lowest BCUT2D eigenvalue weighted by molar-refractivity contribution is 0.0745. The van der Waals surface area contributed by atoms with Crippen LogP contribution >= 0.6 is 0 Å². The van der Waals surface area contributed by atoms with E-state index < -0.39 is 5.82 Å². The smallest absolute Gasteiger partial charge is 0.289 e. The van der Waals surface area contributed by atoms with Gasteiger partial charge in [-0.15, -0.1) is 0 Å². The van der Waals surface area contributed by atoms with Crippen LogP contribution in [-0.2, 0) is 6.61 Å². The minimum atomic E-state index is -0.425. The maximum Gasteiger partial charge on any atom is 0.289 e. The number of halogens is 1. The summed E-state index contributed by atoms with van der Waals surface area (Å²) in [5.74, 6) is 0.813. The van der Waals surface area contributed by atoms with Crippen molar-refractivity contribution < 1.29 is 18.3 Å². The Morgan fingerprint density at radius 2 is 2.04 bits per heavy atom. The molecule has 2 heterocycles. The molecule has 0 radical (unpaired) electrons. The van der Waals surface area contributed by atoms with Gasteiger partial charge in [0.2, 0.25) is 0 Å². The molecule has 0 unspecified atom stereocenters. The highest BCUT2D eigenvalue weighted by molar-refractivity contribution is 5.91. The molecule has 2 aromatic rings. The van der Waals surface area contributed by atoms with Crippen molar-refractivity contribution in [2.75, 3.05) is 27.2 Å². The number of ether oxygens (including phenoxy) is 1. The van der Waals surface area contributed by atoms with E-state index in [1.807, 2.05) is 19.0 Å². The molecule has 3 rings (SSSR count). The third-order valence-electron chi connectivity index (χ3n) is 4.60. The Labute approximate surface area is 147 Å². The first-order chi connectivity index (χ1) is 12.0. The Kier molecular flexibility index (Phi) is 5.08. The largest absolute Gasteiger partial charge is 0.483 e. The van der Waals surface area contributed by atoms with Gasteiger partial charge in [-0.2, -0.15) is 0 Å². The van der Waals surface area contributed by atoms with Gasteiger partial charge in [-0.25, -0.2) is 4.39 Å². The van der Waals surface area contributed by atoms with Crippen LogP contribution in [0.4, 0.5) is 4.39 Å². The summed E-state index contributed by atoms with van der Waals surface area (Å²) in [7, 11) is 4.06. The highest BCUT2D eigenvalue weighted by Gasteiger charge is 2.34. The number of carbonyl (C=O) groups excluding carboxylic acids is 1. The van der Waals surface area contributed by atoms with Crippen molar-refractivity contribution in [3.05, 3.63) is 53.7 Å². The number of amides is 1. The molecule has 1 amide bonds. The zero-order valence-corrected chi connectivity index (χ0v) is 14.7. The van der Waals surface area contributed by atoms with Crippen molar-refractivity contribution in [3.63, 3.8) is 0 Å². The van der Waals surface area contributed by atoms with Gasteiger partial charge in [0.25, 0.3) is 5.91 Å². The van der Waals surface area contributed by atoms with Gasteiger partial charge in [-0.1, -0.05) is 19.1 Å². The summed E-state index contributed by atoms with van der Waals surface area (Å²) in [6.45, 7) is 3.62. The molecular formula is C19H23FN2O3. The Balaban J connectivity index is 1.61. The fourth-order valence-corrected chi connectivity index (χ4v) is 3.22. The van der Waals surface area contributed by atoms with E-state index in [4.69, 9.17) is 9.15 Å². The number of rotatable bonds is 5. The summed E-state index contributed by atoms with van der Waals surface area (Å²) < 4.78 is 24.6. The second kappa shape index (κ2) is 7.27. The molecule has 1 aromatic heterocycles. The lowest BCUT2D eigenvalue weighted by Gasteiger charge is -2.22. The lowest BCUT2D eigenvalue weighted by Crippen LogP contribution is -2.35. The molecule has 134 valence electrons. The number of furan rings is 1. The van der Waals surface area contributed by atoms with Crippen molar-refractivity contribution in [3.8, 4) is 5.75 Å². The van der Waals surface area contributed by atoms with Crippen LogP contribution in [0, 0.1) is 11.7 Å². The standard InChI is InChI=1S/C19H23FN2O3/c1-13-10-22(11-16(13)21(2)3)19(23)18-9-8-14(25-18)12-24-17-7-5-4-6-15(17)20/h4-9,13,16H,10-12H2,1-3H3/t13-,16-/m1/s1. The number of para-hydroxylation sites is 1. The highest BCUT2D eigenvalue weighted by atomic mass is 19.1. The molecule has 1 aliphatic heterocycles. The molecule has 0 saturated carbocycles. The number of benzene rings is 1. The number of likely N-dealkylation sites (tertiary alicyclic amines) is 1. The first-order valence-corrected chi connectivity index (χ1v) is 8.37. The normalized spacial score (nSPS) is 20.3. The first-order valence-electron chi connectivity index (χ1n) is 8.37. The second-order valence-electron chi connectivity index (χ2n) is 6.70. The lowest BCUT2D eigenvalue weighted by atomic mass is 10.1. The van der Waals surface area contributed by atoms with E-state index in [0.29, 0.717) is 36.6 Å². The third-order valence-corrected chi connectivity index (χ3v) is 4.60. The van der Waals surface area contributed by atoms with Gasteiger partial charge >= 0.3 is 0 Å². The summed E-state index contributed by atoms with van der Waals surface area (Å²) in [4.78, 5) is 16.6. The molecule has 1 aromatic carbocycles. The van der Waals surface area contributed by atoms with Gasteiger partial charge in [0.05, 0.1) is 0 Å². The van der Waals surface area contributed by atoms with E-state index in [2.05, 4.69) is 11.8 Å². The predicted octanol–water partition coefficient (Wildman–Crippen LogP) is 3.02. The van der Waals surface area contributed by atoms with Crippen LogP contribution in [0.25, 0.3) is 0 Å². The minimum Gasteiger partial charge on any atom is -0.483 e. The van der Waals surface area contributed by atoms with Gasteiger partial charge in [0, 0.05) is 19.1 Å². The number of hydrogen-bond donors (Lipinski definition) is 0. The molecule has 5 nitrogen and oxygen atoms in total. The molecule has 2 atom stereocenters. The van der Waals surface area contributed by atoms with Crippen LogP contribution < -0.4 is 4.74 Å². The summed E-state index contributed by atoms with van der Waals surface area (Å²) >= 11 is 0. The van der Waals surface area contributed by atoms with E-state index >= 15 is 0 Å². The zero-order chi connectivity index (χ0) is 18.0. The molecule has 0 aliphatic carbocycles. The average Bonchev–Trinajstić information content (AvgIpc) is 3.20. The predicted molar refractivity (Wildman–Crippen MR) is 92.0 cm³/mol. The average molecular weight is 346 g/mol.